The van der Waals surface area contributed by atoms with Crippen molar-refractivity contribution in [2.45, 2.75) is 79.1 Å². The number of nitro groups is 2. The van der Waals surface area contributed by atoms with Crippen LogP contribution in [-0.4, -0.2) is 127 Å². The number of piperazine rings is 2. The third kappa shape index (κ3) is 35.4. The smallest absolute Gasteiger partial charge is 1.00 e. The van der Waals surface area contributed by atoms with Gasteiger partial charge in [0.1, 0.15) is 29.2 Å². The number of hydrogen-bond donors (Lipinski definition) is 4. The standard InChI is InChI=1S/C15H21N3O3.C10H7N3O3.C10H13N3O.C10H18O5.C6H4FNO2.C4H4N2O.CH2O3.2Cs.H2.H/c1-15(2,3)21-14(20)17-8-9-18(13(19)10-17)12-6-4-11(16)5-7-12;14-10-7-11-5-6-12(10)8-1-3-9(4-2-8)13(15)16;11-8-1-3-9(4-2-8)13-6-5-12-7-10(13)14;1-9(2,3)14-7(11)13-8(12)15-10(4,5)6;7-5-1-3-6(4-2-5)8(9)10;7-4-3-5-1-2-6-4;2-1-4-3;;;;/h4-7H,8-10,16H2,1-3H3;1-7H;1-4,12H,5-7,11H2;1-6H3;1-4H;1-3H,(H,6,7);1,3H;;;1H;/q;;;;;;;2*+1;;-1/p-1. The molecular formula is C56H71Cs2FN12O18. The Kier molecular flexibility index (Phi) is 38.6. The molecule has 3 amide bonds. The molecule has 0 spiro atoms. The molecule has 2 aliphatic rings. The third-order valence-corrected chi connectivity index (χ3v) is 10.0. The van der Waals surface area contributed by atoms with Gasteiger partial charge in [-0.1, -0.05) is 0 Å². The number of aromatic nitrogens is 4. The van der Waals surface area contributed by atoms with Gasteiger partial charge in [-0.15, -0.1) is 0 Å². The van der Waals surface area contributed by atoms with Crippen LogP contribution in [0.15, 0.2) is 144 Å². The van der Waals surface area contributed by atoms with E-state index in [1.54, 1.807) is 96.4 Å². The summed E-state index contributed by atoms with van der Waals surface area (Å²) in [5.74, 6) is -0.483. The summed E-state index contributed by atoms with van der Waals surface area (Å²) in [5, 5.41) is 31.9. The summed E-state index contributed by atoms with van der Waals surface area (Å²) in [6.45, 7) is 18.2. The molecule has 4 heterocycles. The monoisotopic (exact) mass is 1480 g/mol. The van der Waals surface area contributed by atoms with Crippen molar-refractivity contribution in [2.24, 2.45) is 0 Å². The maximum atomic E-state index is 12.2. The molecule has 2 fully saturated rings. The van der Waals surface area contributed by atoms with E-state index in [4.69, 9.17) is 35.7 Å². The molecule has 2 aliphatic heterocycles. The third-order valence-electron chi connectivity index (χ3n) is 10.0. The Bertz CT molecular complexity index is 3280. The second kappa shape index (κ2) is 41.7. The fourth-order valence-electron chi connectivity index (χ4n) is 6.40. The van der Waals surface area contributed by atoms with Crippen molar-refractivity contribution in [3.8, 4) is 5.69 Å². The minimum Gasteiger partial charge on any atom is -1.00 e. The number of anilines is 4. The Morgan fingerprint density at radius 3 is 1.46 bits per heavy atom. The number of halogens is 1. The van der Waals surface area contributed by atoms with E-state index in [1.807, 2.05) is 24.3 Å². The van der Waals surface area contributed by atoms with E-state index in [-0.39, 0.29) is 188 Å². The molecule has 8 rings (SSSR count). The van der Waals surface area contributed by atoms with Gasteiger partial charge in [0.15, 0.2) is 0 Å². The summed E-state index contributed by atoms with van der Waals surface area (Å²) in [7, 11) is 0. The molecule has 0 aliphatic carbocycles. The van der Waals surface area contributed by atoms with Crippen molar-refractivity contribution in [2.75, 3.05) is 60.5 Å². The number of amides is 3. The zero-order valence-corrected chi connectivity index (χ0v) is 63.5. The maximum absolute atomic E-state index is 12.2. The van der Waals surface area contributed by atoms with Crippen LogP contribution in [0.2, 0.25) is 0 Å². The van der Waals surface area contributed by atoms with E-state index in [0.717, 1.165) is 54.4 Å². The summed E-state index contributed by atoms with van der Waals surface area (Å²) in [5.41, 5.74) is 12.4. The summed E-state index contributed by atoms with van der Waals surface area (Å²) >= 11 is 0. The Morgan fingerprint density at radius 1 is 0.652 bits per heavy atom. The average Bonchev–Trinajstić information content (AvgIpc) is 2.28. The Hall–Kier alpha value is -6.59. The molecule has 4 aromatic carbocycles. The summed E-state index contributed by atoms with van der Waals surface area (Å²) in [4.78, 5) is 124. The molecule has 6 aromatic rings. The first-order valence-electron chi connectivity index (χ1n) is 25.7. The van der Waals surface area contributed by atoms with Crippen molar-refractivity contribution in [3.05, 3.63) is 181 Å². The molecule has 2 saturated heterocycles. The van der Waals surface area contributed by atoms with Crippen molar-refractivity contribution in [1.29, 1.82) is 0 Å². The van der Waals surface area contributed by atoms with Gasteiger partial charge in [0.25, 0.3) is 29.0 Å². The fraction of sp³-hybridized carbons (Fsp3) is 0.321. The number of carbonyl (C=O) groups is 6. The Balaban J connectivity index is -0.00000102. The van der Waals surface area contributed by atoms with Gasteiger partial charge in [0.05, 0.1) is 28.8 Å². The molecule has 0 atom stereocenters. The molecule has 0 unspecified atom stereocenters. The van der Waals surface area contributed by atoms with E-state index >= 15 is 0 Å². The van der Waals surface area contributed by atoms with Crippen molar-refractivity contribution >= 4 is 70.8 Å². The number of rotatable bonds is 6. The van der Waals surface area contributed by atoms with E-state index in [9.17, 15) is 58.2 Å². The van der Waals surface area contributed by atoms with Gasteiger partial charge in [-0.3, -0.25) is 63.6 Å². The van der Waals surface area contributed by atoms with Gasteiger partial charge in [-0.05, 0) is 135 Å². The number of nitrogens with one attached hydrogen (secondary N) is 2. The quantitative estimate of drug-likeness (QED) is 0.0256. The van der Waals surface area contributed by atoms with Crippen LogP contribution in [-0.2, 0) is 38.2 Å². The normalized spacial score (nSPS) is 12.2. The molecule has 6 N–H and O–H groups in total. The van der Waals surface area contributed by atoms with Gasteiger partial charge >= 0.3 is 156 Å². The van der Waals surface area contributed by atoms with Gasteiger partial charge in [-0.2, -0.15) is 0 Å². The predicted octanol–water partition coefficient (Wildman–Crippen LogP) is 0.376. The average molecular weight is 1490 g/mol. The van der Waals surface area contributed by atoms with Gasteiger partial charge in [0.2, 0.25) is 11.8 Å². The van der Waals surface area contributed by atoms with Crippen molar-refractivity contribution < 1.29 is 213 Å². The van der Waals surface area contributed by atoms with Crippen LogP contribution in [0.25, 0.3) is 5.69 Å². The number of nitrogens with two attached hydrogens (primary N) is 2. The van der Waals surface area contributed by atoms with Crippen LogP contribution in [0.4, 0.5) is 52.9 Å². The van der Waals surface area contributed by atoms with Crippen LogP contribution in [0.3, 0.4) is 0 Å². The molecule has 30 nitrogen and oxygen atoms in total. The molecule has 33 heteroatoms. The molecule has 472 valence electrons. The number of ether oxygens (including phenoxy) is 4. The fourth-order valence-corrected chi connectivity index (χ4v) is 6.40. The number of nitro benzene ring substituents is 2. The largest absolute Gasteiger partial charge is 1.00 e. The second-order valence-corrected chi connectivity index (χ2v) is 20.5. The van der Waals surface area contributed by atoms with Crippen LogP contribution >= 0.6 is 0 Å². The van der Waals surface area contributed by atoms with Crippen molar-refractivity contribution in [1.82, 2.24) is 29.7 Å². The SMILES string of the molecule is CC(C)(C)OC(=O)N1CCN(c2ccc(N)cc2)C(=O)C1.CC(C)(C)OC(=O)OC(=O)OC(C)(C)C.Nc1ccc(N2CCNCC2=O)cc1.O=CO[O-].O=[N+]([O-])c1ccc(F)cc1.O=c1cncc[nH]1.O=c1cnccn1-c1ccc([N+](=O)[O-])cc1.[Cs+].[Cs+].[H-].[HH]. The molecule has 89 heavy (non-hydrogen) atoms. The van der Waals surface area contributed by atoms with E-state index < -0.39 is 50.9 Å². The number of aromatic amines is 1. The number of benzene rings is 4. The number of nitrogen functional groups attached to an aromatic ring is 2. The van der Waals surface area contributed by atoms with Gasteiger partial charge < -0.3 is 62.1 Å². The maximum Gasteiger partial charge on any atom is 1.00 e. The summed E-state index contributed by atoms with van der Waals surface area (Å²) < 4.78 is 32.6. The van der Waals surface area contributed by atoms with Crippen LogP contribution in [0.5, 0.6) is 0 Å². The number of hydrogen-bond acceptors (Lipinski definition) is 23. The first kappa shape index (κ1) is 82.4. The number of carbonyl (C=O) groups excluding carboxylic acids is 6. The van der Waals surface area contributed by atoms with Gasteiger partial charge in [-0.25, -0.2) is 18.8 Å². The zero-order chi connectivity index (χ0) is 65.5. The molecule has 0 saturated carbocycles. The van der Waals surface area contributed by atoms with Gasteiger partial charge in [0, 0.05) is 105 Å². The number of non-ortho nitro benzene ring substituents is 2. The van der Waals surface area contributed by atoms with E-state index in [1.165, 1.54) is 70.9 Å². The molecule has 2 aromatic heterocycles. The molecule has 0 bridgehead atoms. The van der Waals surface area contributed by atoms with E-state index in [0.29, 0.717) is 31.0 Å². The molecular weight excluding hydrogens is 1410 g/mol. The summed E-state index contributed by atoms with van der Waals surface area (Å²) in [6, 6.07) is 24.6. The van der Waals surface area contributed by atoms with Crippen molar-refractivity contribution in [3.63, 3.8) is 0 Å². The number of H-pyrrole nitrogens is 1. The zero-order valence-electron chi connectivity index (χ0n) is 52.0. The van der Waals surface area contributed by atoms with Crippen LogP contribution in [0.1, 0.15) is 65.2 Å². The van der Waals surface area contributed by atoms with Crippen LogP contribution in [0, 0.1) is 26.0 Å². The van der Waals surface area contributed by atoms with E-state index in [2.05, 4.69) is 29.9 Å². The topological polar surface area (TPSA) is 412 Å². The minimum atomic E-state index is -1.06. The summed E-state index contributed by atoms with van der Waals surface area (Å²) in [6.07, 6.45) is 5.82. The Morgan fingerprint density at radius 2 is 1.09 bits per heavy atom. The Labute approximate surface area is 631 Å². The second-order valence-electron chi connectivity index (χ2n) is 20.5. The first-order valence-corrected chi connectivity index (χ1v) is 25.7. The number of nitrogens with zero attached hydrogens (tertiary/aromatic N) is 8. The minimum absolute atomic E-state index is 0. The predicted molar refractivity (Wildman–Crippen MR) is 315 cm³/mol. The molecule has 0 radical (unpaired) electrons. The first-order chi connectivity index (χ1) is 40.7. The van der Waals surface area contributed by atoms with Crippen LogP contribution < -0.4 is 181 Å².